The summed E-state index contributed by atoms with van der Waals surface area (Å²) in [5.74, 6) is -0.361. The zero-order chi connectivity index (χ0) is 18.7. The second kappa shape index (κ2) is 7.36. The first-order valence-corrected chi connectivity index (χ1v) is 8.15. The Kier molecular flexibility index (Phi) is 4.99. The summed E-state index contributed by atoms with van der Waals surface area (Å²) in [6, 6.07) is 9.63. The van der Waals surface area contributed by atoms with Crippen LogP contribution in [0.2, 0.25) is 0 Å². The van der Waals surface area contributed by atoms with Crippen molar-refractivity contribution in [2.45, 2.75) is 0 Å². The molecule has 0 bridgehead atoms. The molecule has 1 fully saturated rings. The number of rotatable bonds is 4. The van der Waals surface area contributed by atoms with Gasteiger partial charge in [0, 0.05) is 17.7 Å². The van der Waals surface area contributed by atoms with Crippen molar-refractivity contribution in [3.05, 3.63) is 68.9 Å². The van der Waals surface area contributed by atoms with Crippen LogP contribution in [0.25, 0.3) is 6.08 Å². The fourth-order valence-corrected chi connectivity index (χ4v) is 3.04. The number of amides is 1. The van der Waals surface area contributed by atoms with E-state index in [0.717, 1.165) is 11.8 Å². The first-order chi connectivity index (χ1) is 12.5. The summed E-state index contributed by atoms with van der Waals surface area (Å²) in [4.78, 5) is 27.1. The van der Waals surface area contributed by atoms with Gasteiger partial charge in [0.15, 0.2) is 5.17 Å². The molecule has 0 aliphatic carbocycles. The number of nitro groups is 1. The summed E-state index contributed by atoms with van der Waals surface area (Å²) in [6.07, 6.45) is 1.50. The summed E-state index contributed by atoms with van der Waals surface area (Å²) in [5, 5.41) is 13.9. The van der Waals surface area contributed by atoms with Crippen LogP contribution in [-0.2, 0) is 4.79 Å². The van der Waals surface area contributed by atoms with Crippen molar-refractivity contribution >= 4 is 40.3 Å². The lowest BCUT2D eigenvalue weighted by atomic mass is 10.1. The van der Waals surface area contributed by atoms with E-state index in [4.69, 9.17) is 4.74 Å². The number of aliphatic imine (C=N–C) groups is 1. The Bertz CT molecular complexity index is 942. The van der Waals surface area contributed by atoms with Crippen LogP contribution in [0.5, 0.6) is 5.75 Å². The van der Waals surface area contributed by atoms with Crippen molar-refractivity contribution in [2.24, 2.45) is 4.99 Å². The smallest absolute Gasteiger partial charge is 0.270 e. The van der Waals surface area contributed by atoms with Crippen LogP contribution in [0.15, 0.2) is 52.4 Å². The van der Waals surface area contributed by atoms with Gasteiger partial charge < -0.3 is 10.1 Å². The molecule has 1 N–H and O–H groups in total. The van der Waals surface area contributed by atoms with Crippen LogP contribution in [0.4, 0.5) is 15.8 Å². The highest BCUT2D eigenvalue weighted by Crippen LogP contribution is 2.32. The fourth-order valence-electron chi connectivity index (χ4n) is 2.20. The number of benzene rings is 2. The van der Waals surface area contributed by atoms with Gasteiger partial charge >= 0.3 is 0 Å². The summed E-state index contributed by atoms with van der Waals surface area (Å²) in [6.45, 7) is 0. The number of non-ortho nitro benzene ring substituents is 1. The molecule has 1 heterocycles. The van der Waals surface area contributed by atoms with Gasteiger partial charge in [-0.15, -0.1) is 0 Å². The number of ether oxygens (including phenoxy) is 1. The lowest BCUT2D eigenvalue weighted by Crippen LogP contribution is -2.19. The predicted octanol–water partition coefficient (Wildman–Crippen LogP) is 3.63. The number of nitrogens with zero attached hydrogens (tertiary/aromatic N) is 2. The van der Waals surface area contributed by atoms with E-state index in [1.807, 2.05) is 0 Å². The molecule has 2 aromatic rings. The number of nitro benzene ring substituents is 1. The third-order valence-corrected chi connectivity index (χ3v) is 4.33. The highest BCUT2D eigenvalue weighted by molar-refractivity contribution is 8.18. The largest absolute Gasteiger partial charge is 0.496 e. The van der Waals surface area contributed by atoms with Gasteiger partial charge in [-0.05, 0) is 48.2 Å². The number of thioether (sulfide) groups is 1. The van der Waals surface area contributed by atoms with Gasteiger partial charge in [0.05, 0.1) is 22.6 Å². The van der Waals surface area contributed by atoms with Crippen LogP contribution in [0, 0.1) is 15.9 Å². The molecule has 0 radical (unpaired) electrons. The minimum absolute atomic E-state index is 0.110. The first kappa shape index (κ1) is 17.6. The zero-order valence-corrected chi connectivity index (χ0v) is 14.2. The Morgan fingerprint density at radius 2 is 2.00 bits per heavy atom. The van der Waals surface area contributed by atoms with Crippen LogP contribution >= 0.6 is 11.8 Å². The van der Waals surface area contributed by atoms with Crippen molar-refractivity contribution in [2.75, 3.05) is 7.11 Å². The molecule has 1 aliphatic rings. The third-order valence-electron chi connectivity index (χ3n) is 3.42. The van der Waals surface area contributed by atoms with Crippen molar-refractivity contribution in [1.29, 1.82) is 0 Å². The molecule has 2 aromatic carbocycles. The van der Waals surface area contributed by atoms with E-state index >= 15 is 0 Å². The molecule has 0 aromatic heterocycles. The van der Waals surface area contributed by atoms with Crippen LogP contribution in [0.1, 0.15) is 5.56 Å². The van der Waals surface area contributed by atoms with Gasteiger partial charge in [0.25, 0.3) is 11.6 Å². The molecule has 0 atom stereocenters. The molecule has 1 amide bonds. The first-order valence-electron chi connectivity index (χ1n) is 7.34. The SMILES string of the molecule is COc1ccc([N+](=O)[O-])cc1/C=C1/SC(=Nc2ccc(F)cc2)NC1=O. The molecule has 7 nitrogen and oxygen atoms in total. The fraction of sp³-hybridized carbons (Fsp3) is 0.0588. The third kappa shape index (κ3) is 3.89. The van der Waals surface area contributed by atoms with Crippen molar-refractivity contribution in [1.82, 2.24) is 5.32 Å². The van der Waals surface area contributed by atoms with E-state index in [0.29, 0.717) is 27.1 Å². The highest BCUT2D eigenvalue weighted by atomic mass is 32.2. The van der Waals surface area contributed by atoms with E-state index in [2.05, 4.69) is 10.3 Å². The lowest BCUT2D eigenvalue weighted by molar-refractivity contribution is -0.384. The number of methoxy groups -OCH3 is 1. The summed E-state index contributed by atoms with van der Waals surface area (Å²) >= 11 is 1.08. The van der Waals surface area contributed by atoms with E-state index in [1.54, 1.807) is 0 Å². The maximum atomic E-state index is 12.9. The molecule has 0 unspecified atom stereocenters. The molecule has 0 spiro atoms. The van der Waals surface area contributed by atoms with Gasteiger partial charge in [-0.25, -0.2) is 9.38 Å². The van der Waals surface area contributed by atoms with Crippen LogP contribution < -0.4 is 10.1 Å². The second-order valence-electron chi connectivity index (χ2n) is 5.14. The Morgan fingerprint density at radius 1 is 1.27 bits per heavy atom. The molecule has 132 valence electrons. The monoisotopic (exact) mass is 373 g/mol. The Labute approximate surface area is 151 Å². The van der Waals surface area contributed by atoms with E-state index in [-0.39, 0.29) is 17.4 Å². The summed E-state index contributed by atoms with van der Waals surface area (Å²) in [5.41, 5.74) is 0.784. The van der Waals surface area contributed by atoms with Gasteiger partial charge in [-0.1, -0.05) is 0 Å². The summed E-state index contributed by atoms with van der Waals surface area (Å²) < 4.78 is 18.1. The molecule has 9 heteroatoms. The second-order valence-corrected chi connectivity index (χ2v) is 6.17. The maximum absolute atomic E-state index is 12.9. The molecule has 1 aliphatic heterocycles. The van der Waals surface area contributed by atoms with Crippen LogP contribution in [-0.4, -0.2) is 23.1 Å². The van der Waals surface area contributed by atoms with Gasteiger partial charge in [0.1, 0.15) is 11.6 Å². The number of amidine groups is 1. The number of nitrogens with one attached hydrogen (secondary N) is 1. The van der Waals surface area contributed by atoms with Gasteiger partial charge in [-0.3, -0.25) is 14.9 Å². The number of carbonyl (C=O) groups excluding carboxylic acids is 1. The molecular weight excluding hydrogens is 361 g/mol. The number of hydrogen-bond acceptors (Lipinski definition) is 6. The number of carbonyl (C=O) groups is 1. The Morgan fingerprint density at radius 3 is 2.65 bits per heavy atom. The van der Waals surface area contributed by atoms with Gasteiger partial charge in [-0.2, -0.15) is 0 Å². The van der Waals surface area contributed by atoms with Crippen molar-refractivity contribution < 1.29 is 18.8 Å². The van der Waals surface area contributed by atoms with Gasteiger partial charge in [0.2, 0.25) is 0 Å². The normalized spacial score (nSPS) is 16.8. The van der Waals surface area contributed by atoms with Crippen LogP contribution in [0.3, 0.4) is 0 Å². The van der Waals surface area contributed by atoms with Crippen molar-refractivity contribution in [3.8, 4) is 5.75 Å². The highest BCUT2D eigenvalue weighted by Gasteiger charge is 2.24. The number of hydrogen-bond donors (Lipinski definition) is 1. The molecular formula is C17H12FN3O4S. The topological polar surface area (TPSA) is 93.8 Å². The minimum atomic E-state index is -0.523. The van der Waals surface area contributed by atoms with Crippen molar-refractivity contribution in [3.63, 3.8) is 0 Å². The Hall–Kier alpha value is -3.20. The maximum Gasteiger partial charge on any atom is 0.270 e. The Balaban J connectivity index is 1.90. The number of halogens is 1. The molecule has 1 saturated heterocycles. The molecule has 26 heavy (non-hydrogen) atoms. The molecule has 3 rings (SSSR count). The zero-order valence-electron chi connectivity index (χ0n) is 13.4. The standard InChI is InChI=1S/C17H12FN3O4S/c1-25-14-7-6-13(21(23)24)8-10(14)9-15-16(22)20-17(26-15)19-12-4-2-11(18)3-5-12/h2-9H,1H3,(H,19,20,22)/b15-9+. The molecule has 0 saturated carbocycles. The van der Waals surface area contributed by atoms with E-state index < -0.39 is 4.92 Å². The summed E-state index contributed by atoms with van der Waals surface area (Å²) in [7, 11) is 1.44. The average Bonchev–Trinajstić information content (AvgIpc) is 2.96. The van der Waals surface area contributed by atoms with E-state index in [9.17, 15) is 19.3 Å². The average molecular weight is 373 g/mol. The predicted molar refractivity (Wildman–Crippen MR) is 96.9 cm³/mol. The lowest BCUT2D eigenvalue weighted by Gasteiger charge is -2.04. The van der Waals surface area contributed by atoms with E-state index in [1.165, 1.54) is 55.7 Å². The quantitative estimate of drug-likeness (QED) is 0.502. The minimum Gasteiger partial charge on any atom is -0.496 e.